The molecule has 1 aromatic heterocycles. The number of nitrogens with one attached hydrogen (secondary N) is 2. The predicted molar refractivity (Wildman–Crippen MR) is 81.4 cm³/mol. The average Bonchev–Trinajstić information content (AvgIpc) is 3.02. The van der Waals surface area contributed by atoms with Gasteiger partial charge in [-0.1, -0.05) is 13.8 Å². The van der Waals surface area contributed by atoms with Crippen molar-refractivity contribution in [1.29, 1.82) is 0 Å². The largest absolute Gasteiger partial charge is 0.447 e. The zero-order valence-electron chi connectivity index (χ0n) is 12.1. The van der Waals surface area contributed by atoms with E-state index in [-0.39, 0.29) is 9.84 Å². The molecule has 0 unspecified atom stereocenters. The van der Waals surface area contributed by atoms with Crippen molar-refractivity contribution in [2.75, 3.05) is 12.8 Å². The highest BCUT2D eigenvalue weighted by Gasteiger charge is 2.42. The molecule has 1 aromatic rings. The van der Waals surface area contributed by atoms with Crippen molar-refractivity contribution in [3.05, 3.63) is 17.9 Å². The van der Waals surface area contributed by atoms with E-state index in [4.69, 9.17) is 4.42 Å². The molecule has 5 nitrogen and oxygen atoms in total. The summed E-state index contributed by atoms with van der Waals surface area (Å²) in [6.07, 6.45) is 4.15. The van der Waals surface area contributed by atoms with E-state index in [0.29, 0.717) is 24.9 Å². The number of furan rings is 1. The highest BCUT2D eigenvalue weighted by Crippen LogP contribution is 2.46. The lowest BCUT2D eigenvalue weighted by Crippen LogP contribution is -2.31. The molecule has 0 bridgehead atoms. The number of rotatable bonds is 8. The van der Waals surface area contributed by atoms with Gasteiger partial charge in [-0.15, -0.1) is 0 Å². The Morgan fingerprint density at radius 3 is 2.65 bits per heavy atom. The lowest BCUT2D eigenvalue weighted by Gasteiger charge is -2.12. The molecule has 0 aromatic carbocycles. The number of thioether (sulfide) groups is 1. The summed E-state index contributed by atoms with van der Waals surface area (Å²) in [5, 5.41) is 3.18. The highest BCUT2D eigenvalue weighted by atomic mass is 32.2. The fourth-order valence-corrected chi connectivity index (χ4v) is 3.68. The van der Waals surface area contributed by atoms with Gasteiger partial charge in [0.15, 0.2) is 0 Å². The number of hydrogen-bond donors (Lipinski definition) is 2. The first-order valence-electron chi connectivity index (χ1n) is 6.74. The van der Waals surface area contributed by atoms with Crippen molar-refractivity contribution < 1.29 is 12.8 Å². The smallest absolute Gasteiger partial charge is 0.274 e. The molecule has 2 N–H and O–H groups in total. The third-order valence-electron chi connectivity index (χ3n) is 3.41. The molecule has 0 amide bonds. The van der Waals surface area contributed by atoms with E-state index in [9.17, 15) is 8.42 Å². The van der Waals surface area contributed by atoms with Gasteiger partial charge in [0.1, 0.15) is 5.76 Å². The Balaban J connectivity index is 1.95. The summed E-state index contributed by atoms with van der Waals surface area (Å²) < 4.78 is 32.4. The van der Waals surface area contributed by atoms with Crippen LogP contribution in [0.5, 0.6) is 0 Å². The first kappa shape index (κ1) is 15.9. The third kappa shape index (κ3) is 4.00. The van der Waals surface area contributed by atoms with Crippen LogP contribution < -0.4 is 10.0 Å². The second-order valence-corrected chi connectivity index (χ2v) is 8.44. The third-order valence-corrected chi connectivity index (χ3v) is 6.10. The van der Waals surface area contributed by atoms with Gasteiger partial charge >= 0.3 is 0 Å². The van der Waals surface area contributed by atoms with Gasteiger partial charge < -0.3 is 9.73 Å². The molecule has 20 heavy (non-hydrogen) atoms. The number of sulfonamides is 1. The van der Waals surface area contributed by atoms with Crippen molar-refractivity contribution in [2.24, 2.45) is 0 Å². The van der Waals surface area contributed by atoms with Gasteiger partial charge in [-0.05, 0) is 31.2 Å². The molecule has 114 valence electrons. The topological polar surface area (TPSA) is 71.3 Å². The first-order chi connectivity index (χ1) is 9.37. The molecule has 1 heterocycles. The van der Waals surface area contributed by atoms with Crippen LogP contribution in [0.15, 0.2) is 21.6 Å². The van der Waals surface area contributed by atoms with Crippen molar-refractivity contribution in [1.82, 2.24) is 10.0 Å². The summed E-state index contributed by atoms with van der Waals surface area (Å²) in [5.74, 6) is 0.630. The molecular weight excluding hydrogens is 296 g/mol. The lowest BCUT2D eigenvalue weighted by molar-refractivity contribution is 0.393. The summed E-state index contributed by atoms with van der Waals surface area (Å²) in [6.45, 7) is 5.05. The summed E-state index contributed by atoms with van der Waals surface area (Å²) in [5.41, 5.74) is 0. The second-order valence-electron chi connectivity index (χ2n) is 5.47. The van der Waals surface area contributed by atoms with Crippen LogP contribution in [0.4, 0.5) is 0 Å². The minimum Gasteiger partial charge on any atom is -0.447 e. The minimum absolute atomic E-state index is 0.00467. The maximum absolute atomic E-state index is 12.1. The molecule has 1 aliphatic rings. The van der Waals surface area contributed by atoms with Crippen molar-refractivity contribution in [3.8, 4) is 0 Å². The normalized spacial score (nSPS) is 17.6. The zero-order valence-corrected chi connectivity index (χ0v) is 13.7. The summed E-state index contributed by atoms with van der Waals surface area (Å²) in [6, 6.07) is 3.54. The Morgan fingerprint density at radius 1 is 1.40 bits per heavy atom. The SMILES string of the molecule is CSC1(CNS(=O)(=O)c2ccc(CNC(C)C)o2)CC1. The highest BCUT2D eigenvalue weighted by molar-refractivity contribution is 8.00. The molecule has 1 aliphatic carbocycles. The Labute approximate surface area is 124 Å². The van der Waals surface area contributed by atoms with E-state index in [2.05, 4.69) is 10.0 Å². The molecule has 1 fully saturated rings. The maximum Gasteiger partial charge on any atom is 0.274 e. The van der Waals surface area contributed by atoms with E-state index in [1.54, 1.807) is 17.8 Å². The fraction of sp³-hybridized carbons (Fsp3) is 0.692. The van der Waals surface area contributed by atoms with Crippen LogP contribution in [0.3, 0.4) is 0 Å². The van der Waals surface area contributed by atoms with Gasteiger partial charge in [-0.2, -0.15) is 11.8 Å². The van der Waals surface area contributed by atoms with Gasteiger partial charge in [-0.3, -0.25) is 0 Å². The van der Waals surface area contributed by atoms with E-state index in [1.807, 2.05) is 20.1 Å². The number of hydrogen-bond acceptors (Lipinski definition) is 5. The van der Waals surface area contributed by atoms with E-state index >= 15 is 0 Å². The molecule has 0 saturated heterocycles. The second kappa shape index (κ2) is 6.09. The summed E-state index contributed by atoms with van der Waals surface area (Å²) in [4.78, 5) is 0. The zero-order chi connectivity index (χ0) is 14.8. The minimum atomic E-state index is -3.54. The van der Waals surface area contributed by atoms with Gasteiger partial charge in [0.05, 0.1) is 6.54 Å². The van der Waals surface area contributed by atoms with Gasteiger partial charge in [0, 0.05) is 17.3 Å². The Morgan fingerprint density at radius 2 is 2.10 bits per heavy atom. The Bertz CT molecular complexity index is 548. The van der Waals surface area contributed by atoms with Gasteiger partial charge in [-0.25, -0.2) is 13.1 Å². The van der Waals surface area contributed by atoms with Crippen molar-refractivity contribution >= 4 is 21.8 Å². The van der Waals surface area contributed by atoms with Crippen LogP contribution in [0, 0.1) is 0 Å². The van der Waals surface area contributed by atoms with Crippen LogP contribution in [0.25, 0.3) is 0 Å². The maximum atomic E-state index is 12.1. The lowest BCUT2D eigenvalue weighted by atomic mass is 10.3. The van der Waals surface area contributed by atoms with Crippen molar-refractivity contribution in [3.63, 3.8) is 0 Å². The van der Waals surface area contributed by atoms with Crippen LogP contribution in [0.2, 0.25) is 0 Å². The Kier molecular flexibility index (Phi) is 4.84. The molecule has 2 rings (SSSR count). The van der Waals surface area contributed by atoms with E-state index in [0.717, 1.165) is 12.8 Å². The molecule has 0 atom stereocenters. The molecule has 0 aliphatic heterocycles. The predicted octanol–water partition coefficient (Wildman–Crippen LogP) is 1.95. The van der Waals surface area contributed by atoms with Crippen LogP contribution in [0.1, 0.15) is 32.4 Å². The van der Waals surface area contributed by atoms with Gasteiger partial charge in [0.25, 0.3) is 10.0 Å². The quantitative estimate of drug-likeness (QED) is 0.766. The molecular formula is C13H22N2O3S2. The van der Waals surface area contributed by atoms with Crippen LogP contribution in [-0.4, -0.2) is 32.0 Å². The van der Waals surface area contributed by atoms with Crippen LogP contribution >= 0.6 is 11.8 Å². The van der Waals surface area contributed by atoms with Crippen LogP contribution in [-0.2, 0) is 16.6 Å². The molecule has 0 radical (unpaired) electrons. The molecule has 1 saturated carbocycles. The standard InChI is InChI=1S/C13H22N2O3S2/c1-10(2)14-8-11-4-5-12(18-11)20(16,17)15-9-13(19-3)6-7-13/h4-5,10,14-15H,6-9H2,1-3H3. The Hall–Kier alpha value is -0.500. The summed E-state index contributed by atoms with van der Waals surface area (Å²) >= 11 is 1.72. The molecule has 0 spiro atoms. The summed E-state index contributed by atoms with van der Waals surface area (Å²) in [7, 11) is -3.54. The first-order valence-corrected chi connectivity index (χ1v) is 9.45. The van der Waals surface area contributed by atoms with Crippen molar-refractivity contribution in [2.45, 2.75) is 49.1 Å². The average molecular weight is 318 g/mol. The van der Waals surface area contributed by atoms with Gasteiger partial charge in [0.2, 0.25) is 5.09 Å². The van der Waals surface area contributed by atoms with E-state index < -0.39 is 10.0 Å². The molecule has 7 heteroatoms. The fourth-order valence-electron chi connectivity index (χ4n) is 1.79. The van der Waals surface area contributed by atoms with E-state index in [1.165, 1.54) is 6.07 Å². The monoisotopic (exact) mass is 318 g/mol.